The Kier molecular flexibility index (Phi) is 5.93. The maximum absolute atomic E-state index is 12.1. The first-order chi connectivity index (χ1) is 11.8. The molecule has 1 aromatic heterocycles. The zero-order valence-corrected chi connectivity index (χ0v) is 15.2. The van der Waals surface area contributed by atoms with Gasteiger partial charge in [-0.05, 0) is 34.6 Å². The van der Waals surface area contributed by atoms with Crippen molar-refractivity contribution in [3.63, 3.8) is 0 Å². The van der Waals surface area contributed by atoms with E-state index in [0.717, 1.165) is 5.56 Å². The molecule has 0 aliphatic heterocycles. The third-order valence-electron chi connectivity index (χ3n) is 3.48. The predicted octanol–water partition coefficient (Wildman–Crippen LogP) is 2.24. The van der Waals surface area contributed by atoms with Gasteiger partial charge in [0.15, 0.2) is 0 Å². The average Bonchev–Trinajstić information content (AvgIpc) is 3.11. The first-order valence-corrected chi connectivity index (χ1v) is 8.67. The number of thiophene rings is 1. The van der Waals surface area contributed by atoms with Crippen LogP contribution in [0.1, 0.15) is 46.4 Å². The molecule has 0 saturated heterocycles. The number of benzene rings is 1. The van der Waals surface area contributed by atoms with Crippen LogP contribution in [0.4, 0.5) is 0 Å². The summed E-state index contributed by atoms with van der Waals surface area (Å²) >= 11 is 1.27. The van der Waals surface area contributed by atoms with Crippen molar-refractivity contribution in [2.75, 3.05) is 6.54 Å². The summed E-state index contributed by atoms with van der Waals surface area (Å²) in [6.07, 6.45) is 0. The summed E-state index contributed by atoms with van der Waals surface area (Å²) in [6, 6.07) is 10.6. The third-order valence-corrected chi connectivity index (χ3v) is 4.35. The van der Waals surface area contributed by atoms with E-state index < -0.39 is 11.8 Å². The van der Waals surface area contributed by atoms with Gasteiger partial charge in [-0.2, -0.15) is 0 Å². The lowest BCUT2D eigenvalue weighted by Gasteiger charge is -2.19. The van der Waals surface area contributed by atoms with Gasteiger partial charge in [-0.25, -0.2) is 0 Å². The molecule has 0 unspecified atom stereocenters. The number of rotatable bonds is 4. The third kappa shape index (κ3) is 5.42. The molecular formula is C18H21N3O3S. The Bertz CT molecular complexity index is 747. The lowest BCUT2D eigenvalue weighted by Crippen LogP contribution is -2.46. The molecule has 0 spiro atoms. The van der Waals surface area contributed by atoms with E-state index in [-0.39, 0.29) is 17.9 Å². The molecule has 0 aliphatic carbocycles. The zero-order valence-electron chi connectivity index (χ0n) is 14.4. The van der Waals surface area contributed by atoms with E-state index in [0.29, 0.717) is 10.4 Å². The summed E-state index contributed by atoms with van der Waals surface area (Å²) in [5.41, 5.74) is 6.16. The Morgan fingerprint density at radius 3 is 2.20 bits per heavy atom. The van der Waals surface area contributed by atoms with Crippen molar-refractivity contribution in [1.82, 2.24) is 16.2 Å². The minimum Gasteiger partial charge on any atom is -0.343 e. The lowest BCUT2D eigenvalue weighted by atomic mass is 9.87. The van der Waals surface area contributed by atoms with Crippen LogP contribution in [0.3, 0.4) is 0 Å². The van der Waals surface area contributed by atoms with Crippen LogP contribution >= 0.6 is 11.3 Å². The van der Waals surface area contributed by atoms with E-state index >= 15 is 0 Å². The normalized spacial score (nSPS) is 10.8. The first kappa shape index (κ1) is 18.7. The molecule has 2 rings (SSSR count). The van der Waals surface area contributed by atoms with Crippen LogP contribution in [0.2, 0.25) is 0 Å². The van der Waals surface area contributed by atoms with Crippen LogP contribution < -0.4 is 16.2 Å². The SMILES string of the molecule is CC(C)(C)c1ccc(C(=O)NCC(=O)NNC(=O)c2cccs2)cc1. The molecule has 1 heterocycles. The van der Waals surface area contributed by atoms with Crippen molar-refractivity contribution in [3.05, 3.63) is 57.8 Å². The fraction of sp³-hybridized carbons (Fsp3) is 0.278. The highest BCUT2D eigenvalue weighted by molar-refractivity contribution is 7.12. The molecule has 6 nitrogen and oxygen atoms in total. The smallest absolute Gasteiger partial charge is 0.279 e. The second-order valence-electron chi connectivity index (χ2n) is 6.49. The molecule has 0 fully saturated rings. The lowest BCUT2D eigenvalue weighted by molar-refractivity contribution is -0.120. The molecule has 0 radical (unpaired) electrons. The summed E-state index contributed by atoms with van der Waals surface area (Å²) in [5, 5.41) is 4.28. The van der Waals surface area contributed by atoms with Crippen LogP contribution in [0.15, 0.2) is 41.8 Å². The topological polar surface area (TPSA) is 87.3 Å². The number of hydrazine groups is 1. The van der Waals surface area contributed by atoms with E-state index in [2.05, 4.69) is 36.9 Å². The van der Waals surface area contributed by atoms with Crippen LogP contribution in [0.25, 0.3) is 0 Å². The van der Waals surface area contributed by atoms with E-state index in [1.807, 2.05) is 12.1 Å². The molecule has 0 bridgehead atoms. The van der Waals surface area contributed by atoms with Crippen molar-refractivity contribution >= 4 is 29.1 Å². The van der Waals surface area contributed by atoms with E-state index in [4.69, 9.17) is 0 Å². The number of amides is 3. The fourth-order valence-electron chi connectivity index (χ4n) is 2.02. The van der Waals surface area contributed by atoms with Crippen molar-refractivity contribution in [2.24, 2.45) is 0 Å². The van der Waals surface area contributed by atoms with Crippen LogP contribution in [0, 0.1) is 0 Å². The molecular weight excluding hydrogens is 338 g/mol. The van der Waals surface area contributed by atoms with Crippen LogP contribution in [0.5, 0.6) is 0 Å². The Labute approximate surface area is 150 Å². The quantitative estimate of drug-likeness (QED) is 0.732. The number of carbonyl (C=O) groups excluding carboxylic acids is 3. The summed E-state index contributed by atoms with van der Waals surface area (Å²) in [4.78, 5) is 35.9. The van der Waals surface area contributed by atoms with E-state index in [9.17, 15) is 14.4 Å². The van der Waals surface area contributed by atoms with Gasteiger partial charge in [0, 0.05) is 5.56 Å². The maximum atomic E-state index is 12.1. The Hall–Kier alpha value is -2.67. The molecule has 0 saturated carbocycles. The Morgan fingerprint density at radius 1 is 0.960 bits per heavy atom. The molecule has 25 heavy (non-hydrogen) atoms. The van der Waals surface area contributed by atoms with Gasteiger partial charge < -0.3 is 5.32 Å². The van der Waals surface area contributed by atoms with Crippen molar-refractivity contribution in [2.45, 2.75) is 26.2 Å². The Balaban J connectivity index is 1.79. The fourth-order valence-corrected chi connectivity index (χ4v) is 2.64. The molecule has 132 valence electrons. The second-order valence-corrected chi connectivity index (χ2v) is 7.44. The largest absolute Gasteiger partial charge is 0.343 e. The van der Waals surface area contributed by atoms with Gasteiger partial charge in [-0.15, -0.1) is 11.3 Å². The second kappa shape index (κ2) is 7.94. The predicted molar refractivity (Wildman–Crippen MR) is 97.4 cm³/mol. The van der Waals surface area contributed by atoms with Gasteiger partial charge in [-0.1, -0.05) is 39.0 Å². The zero-order chi connectivity index (χ0) is 18.4. The van der Waals surface area contributed by atoms with Gasteiger partial charge in [-0.3, -0.25) is 25.2 Å². The summed E-state index contributed by atoms with van der Waals surface area (Å²) in [5.74, 6) is -1.25. The van der Waals surface area contributed by atoms with Gasteiger partial charge >= 0.3 is 0 Å². The molecule has 0 atom stereocenters. The monoisotopic (exact) mass is 359 g/mol. The van der Waals surface area contributed by atoms with Crippen LogP contribution in [-0.4, -0.2) is 24.3 Å². The highest BCUT2D eigenvalue weighted by Crippen LogP contribution is 2.22. The van der Waals surface area contributed by atoms with Crippen molar-refractivity contribution < 1.29 is 14.4 Å². The van der Waals surface area contributed by atoms with Gasteiger partial charge in [0.05, 0.1) is 11.4 Å². The highest BCUT2D eigenvalue weighted by atomic mass is 32.1. The maximum Gasteiger partial charge on any atom is 0.279 e. The molecule has 1 aromatic carbocycles. The summed E-state index contributed by atoms with van der Waals surface area (Å²) < 4.78 is 0. The van der Waals surface area contributed by atoms with E-state index in [1.54, 1.807) is 29.6 Å². The molecule has 7 heteroatoms. The molecule has 3 N–H and O–H groups in total. The molecule has 2 aromatic rings. The van der Waals surface area contributed by atoms with Gasteiger partial charge in [0.1, 0.15) is 0 Å². The highest BCUT2D eigenvalue weighted by Gasteiger charge is 2.15. The van der Waals surface area contributed by atoms with Gasteiger partial charge in [0.25, 0.3) is 17.7 Å². The number of hydrogen-bond acceptors (Lipinski definition) is 4. The van der Waals surface area contributed by atoms with Crippen molar-refractivity contribution in [3.8, 4) is 0 Å². The molecule has 0 aliphatic rings. The number of nitrogens with one attached hydrogen (secondary N) is 3. The number of hydrogen-bond donors (Lipinski definition) is 3. The molecule has 3 amide bonds. The average molecular weight is 359 g/mol. The van der Waals surface area contributed by atoms with Crippen molar-refractivity contribution in [1.29, 1.82) is 0 Å². The Morgan fingerprint density at radius 2 is 1.64 bits per heavy atom. The standard InChI is InChI=1S/C18H21N3O3S/c1-18(2,3)13-8-6-12(7-9-13)16(23)19-11-15(22)20-21-17(24)14-5-4-10-25-14/h4-10H,11H2,1-3H3,(H,19,23)(H,20,22)(H,21,24). The summed E-state index contributed by atoms with van der Waals surface area (Å²) in [6.45, 7) is 6.05. The van der Waals surface area contributed by atoms with Crippen LogP contribution in [-0.2, 0) is 10.2 Å². The minimum atomic E-state index is -0.510. The van der Waals surface area contributed by atoms with Gasteiger partial charge in [0.2, 0.25) is 0 Å². The van der Waals surface area contributed by atoms with E-state index in [1.165, 1.54) is 11.3 Å². The number of carbonyl (C=O) groups is 3. The minimum absolute atomic E-state index is 0.00959. The summed E-state index contributed by atoms with van der Waals surface area (Å²) in [7, 11) is 0. The first-order valence-electron chi connectivity index (χ1n) is 7.79.